The van der Waals surface area contributed by atoms with E-state index in [1.807, 2.05) is 19.9 Å². The van der Waals surface area contributed by atoms with Gasteiger partial charge in [0, 0.05) is 30.6 Å². The molecule has 0 amide bonds. The molecule has 4 rings (SSSR count). The first-order valence-electron chi connectivity index (χ1n) is 9.46. The van der Waals surface area contributed by atoms with Gasteiger partial charge < -0.3 is 9.64 Å². The first-order chi connectivity index (χ1) is 13.0. The number of hydrogen-bond donors (Lipinski definition) is 1. The lowest BCUT2D eigenvalue weighted by molar-refractivity contribution is 0.231. The summed E-state index contributed by atoms with van der Waals surface area (Å²) in [5.41, 5.74) is 2.01. The summed E-state index contributed by atoms with van der Waals surface area (Å²) >= 11 is 0. The summed E-state index contributed by atoms with van der Waals surface area (Å²) in [7, 11) is 0. The van der Waals surface area contributed by atoms with Crippen LogP contribution in [-0.4, -0.2) is 39.4 Å². The van der Waals surface area contributed by atoms with Crippen molar-refractivity contribution in [2.75, 3.05) is 18.0 Å². The first-order valence-corrected chi connectivity index (χ1v) is 9.46. The van der Waals surface area contributed by atoms with Gasteiger partial charge in [-0.05, 0) is 32.3 Å². The topological polar surface area (TPSA) is 66.9 Å². The van der Waals surface area contributed by atoms with Gasteiger partial charge in [-0.25, -0.2) is 14.4 Å². The van der Waals surface area contributed by atoms with Crippen LogP contribution in [0.3, 0.4) is 0 Å². The third-order valence-corrected chi connectivity index (χ3v) is 5.06. The van der Waals surface area contributed by atoms with Gasteiger partial charge in [0.25, 0.3) is 0 Å². The van der Waals surface area contributed by atoms with Crippen LogP contribution in [0.5, 0.6) is 5.75 Å². The van der Waals surface area contributed by atoms with Crippen molar-refractivity contribution in [3.63, 3.8) is 0 Å². The van der Waals surface area contributed by atoms with Crippen molar-refractivity contribution in [1.82, 2.24) is 20.2 Å². The molecule has 7 heteroatoms. The van der Waals surface area contributed by atoms with Crippen molar-refractivity contribution in [1.29, 1.82) is 0 Å². The van der Waals surface area contributed by atoms with Crippen molar-refractivity contribution >= 4 is 16.7 Å². The molecule has 1 aromatic carbocycles. The quantitative estimate of drug-likeness (QED) is 0.731. The molecule has 1 saturated heterocycles. The Bertz CT molecular complexity index is 955. The van der Waals surface area contributed by atoms with E-state index in [0.29, 0.717) is 22.8 Å². The fourth-order valence-corrected chi connectivity index (χ4v) is 3.58. The number of anilines is 1. The fourth-order valence-electron chi connectivity index (χ4n) is 3.58. The maximum atomic E-state index is 14.2. The number of nitrogens with one attached hydrogen (secondary N) is 1. The summed E-state index contributed by atoms with van der Waals surface area (Å²) < 4.78 is 19.8. The minimum atomic E-state index is -0.405. The second-order valence-electron chi connectivity index (χ2n) is 7.34. The minimum Gasteiger partial charge on any atom is -0.488 e. The zero-order valence-electron chi connectivity index (χ0n) is 15.9. The maximum absolute atomic E-state index is 14.2. The molecule has 1 aliphatic rings. The minimum absolute atomic E-state index is 0.111. The van der Waals surface area contributed by atoms with E-state index in [9.17, 15) is 4.39 Å². The molecule has 0 radical (unpaired) electrons. The molecule has 0 bridgehead atoms. The number of ether oxygens (including phenoxy) is 1. The second kappa shape index (κ2) is 7.13. The van der Waals surface area contributed by atoms with E-state index in [4.69, 9.17) is 4.74 Å². The van der Waals surface area contributed by atoms with Crippen LogP contribution in [0, 0.1) is 11.7 Å². The van der Waals surface area contributed by atoms with E-state index >= 15 is 0 Å². The van der Waals surface area contributed by atoms with Gasteiger partial charge in [0.15, 0.2) is 11.6 Å². The van der Waals surface area contributed by atoms with Gasteiger partial charge in [0.05, 0.1) is 17.3 Å². The van der Waals surface area contributed by atoms with Crippen LogP contribution in [0.25, 0.3) is 22.3 Å². The number of H-pyrrole nitrogens is 1. The van der Waals surface area contributed by atoms with Crippen molar-refractivity contribution in [3.05, 3.63) is 30.3 Å². The Morgan fingerprint density at radius 1 is 1.30 bits per heavy atom. The Hall–Kier alpha value is -2.70. The van der Waals surface area contributed by atoms with E-state index < -0.39 is 5.82 Å². The number of rotatable bonds is 5. The lowest BCUT2D eigenvalue weighted by atomic mass is 10.1. The molecule has 0 aliphatic carbocycles. The molecule has 27 heavy (non-hydrogen) atoms. The Kier molecular flexibility index (Phi) is 4.68. The zero-order valence-corrected chi connectivity index (χ0v) is 15.9. The van der Waals surface area contributed by atoms with Gasteiger partial charge in [-0.1, -0.05) is 13.3 Å². The number of nitrogens with zero attached hydrogens (tertiary/aromatic N) is 4. The number of fused-ring (bicyclic) bond motifs is 1. The molecule has 1 unspecified atom stereocenters. The zero-order chi connectivity index (χ0) is 19.0. The average Bonchev–Trinajstić information content (AvgIpc) is 3.28. The van der Waals surface area contributed by atoms with Gasteiger partial charge in [-0.15, -0.1) is 0 Å². The van der Waals surface area contributed by atoms with Crippen LogP contribution in [-0.2, 0) is 0 Å². The van der Waals surface area contributed by atoms with Crippen LogP contribution in [0.2, 0.25) is 0 Å². The monoisotopic (exact) mass is 369 g/mol. The lowest BCUT2D eigenvalue weighted by Crippen LogP contribution is -2.20. The van der Waals surface area contributed by atoms with Crippen molar-refractivity contribution < 1.29 is 9.13 Å². The van der Waals surface area contributed by atoms with Gasteiger partial charge in [-0.3, -0.25) is 5.10 Å². The number of aromatic nitrogens is 4. The summed E-state index contributed by atoms with van der Waals surface area (Å²) in [6, 6.07) is 5.06. The first kappa shape index (κ1) is 17.7. The van der Waals surface area contributed by atoms with Crippen LogP contribution in [0.4, 0.5) is 10.2 Å². The Morgan fingerprint density at radius 2 is 2.15 bits per heavy atom. The van der Waals surface area contributed by atoms with Crippen molar-refractivity contribution in [2.24, 2.45) is 5.92 Å². The van der Waals surface area contributed by atoms with Crippen LogP contribution < -0.4 is 9.64 Å². The summed E-state index contributed by atoms with van der Waals surface area (Å²) in [5.74, 6) is 1.44. The number of benzene rings is 1. The molecule has 1 N–H and O–H groups in total. The highest BCUT2D eigenvalue weighted by Gasteiger charge is 2.23. The molecule has 1 atom stereocenters. The summed E-state index contributed by atoms with van der Waals surface area (Å²) in [5, 5.41) is 8.05. The molecular formula is C20H24FN5O. The Labute approximate surface area is 157 Å². The summed E-state index contributed by atoms with van der Waals surface area (Å²) in [6.45, 7) is 8.00. The van der Waals surface area contributed by atoms with E-state index in [-0.39, 0.29) is 11.9 Å². The SMILES string of the molecule is CCC1CCN(c2cc(-c3n[nH]c4cc(F)c(OC(C)C)cc34)ncn2)C1. The van der Waals surface area contributed by atoms with E-state index in [2.05, 4.69) is 32.0 Å². The molecule has 1 aliphatic heterocycles. The van der Waals surface area contributed by atoms with Gasteiger partial charge >= 0.3 is 0 Å². The third-order valence-electron chi connectivity index (χ3n) is 5.06. The van der Waals surface area contributed by atoms with E-state index in [1.165, 1.54) is 18.9 Å². The smallest absolute Gasteiger partial charge is 0.167 e. The normalized spacial score (nSPS) is 17.2. The average molecular weight is 369 g/mol. The van der Waals surface area contributed by atoms with Crippen LogP contribution in [0.15, 0.2) is 24.5 Å². The second-order valence-corrected chi connectivity index (χ2v) is 7.34. The lowest BCUT2D eigenvalue weighted by Gasteiger charge is -2.17. The summed E-state index contributed by atoms with van der Waals surface area (Å²) in [4.78, 5) is 11.1. The highest BCUT2D eigenvalue weighted by Crippen LogP contribution is 2.32. The van der Waals surface area contributed by atoms with Gasteiger partial charge in [0.1, 0.15) is 17.8 Å². The number of halogens is 1. The van der Waals surface area contributed by atoms with Crippen molar-refractivity contribution in [2.45, 2.75) is 39.7 Å². The Balaban J connectivity index is 1.71. The molecule has 0 spiro atoms. The highest BCUT2D eigenvalue weighted by atomic mass is 19.1. The summed E-state index contributed by atoms with van der Waals surface area (Å²) in [6.07, 6.45) is 3.83. The predicted octanol–water partition coefficient (Wildman–Crippen LogP) is 4.18. The van der Waals surface area contributed by atoms with Crippen LogP contribution >= 0.6 is 0 Å². The van der Waals surface area contributed by atoms with Crippen LogP contribution in [0.1, 0.15) is 33.6 Å². The fraction of sp³-hybridized carbons (Fsp3) is 0.450. The van der Waals surface area contributed by atoms with Crippen molar-refractivity contribution in [3.8, 4) is 17.1 Å². The number of aromatic amines is 1. The molecule has 0 saturated carbocycles. The predicted molar refractivity (Wildman–Crippen MR) is 103 cm³/mol. The Morgan fingerprint density at radius 3 is 2.89 bits per heavy atom. The molecule has 6 nitrogen and oxygen atoms in total. The third kappa shape index (κ3) is 3.46. The highest BCUT2D eigenvalue weighted by molar-refractivity contribution is 5.93. The largest absolute Gasteiger partial charge is 0.488 e. The molecular weight excluding hydrogens is 345 g/mol. The van der Waals surface area contributed by atoms with E-state index in [0.717, 1.165) is 24.3 Å². The number of hydrogen-bond acceptors (Lipinski definition) is 5. The molecule has 142 valence electrons. The van der Waals surface area contributed by atoms with Gasteiger partial charge in [-0.2, -0.15) is 5.10 Å². The molecule has 2 aromatic heterocycles. The molecule has 3 aromatic rings. The van der Waals surface area contributed by atoms with E-state index in [1.54, 1.807) is 12.4 Å². The molecule has 3 heterocycles. The standard InChI is InChI=1S/C20H24FN5O/c1-4-13-5-6-26(10-13)19-9-17(22-11-23-19)20-14-7-18(27-12(2)3)15(21)8-16(14)24-25-20/h7-9,11-13H,4-6,10H2,1-3H3,(H,24,25). The molecule has 1 fully saturated rings. The maximum Gasteiger partial charge on any atom is 0.167 e. The van der Waals surface area contributed by atoms with Gasteiger partial charge in [0.2, 0.25) is 0 Å².